The van der Waals surface area contributed by atoms with E-state index in [0.29, 0.717) is 13.0 Å². The Bertz CT molecular complexity index is 500. The number of aromatic nitrogens is 2. The third-order valence-electron chi connectivity index (χ3n) is 4.36. The lowest BCUT2D eigenvalue weighted by atomic mass is 9.96. The van der Waals surface area contributed by atoms with Crippen molar-refractivity contribution < 1.29 is 14.3 Å². The van der Waals surface area contributed by atoms with E-state index in [1.165, 1.54) is 7.11 Å². The molecule has 0 spiro atoms. The highest BCUT2D eigenvalue weighted by Crippen LogP contribution is 2.32. The summed E-state index contributed by atoms with van der Waals surface area (Å²) in [5.41, 5.74) is 0.209. The molecule has 116 valence electrons. The molecule has 1 fully saturated rings. The van der Waals surface area contributed by atoms with Crippen molar-refractivity contribution in [3.05, 3.63) is 18.2 Å². The summed E-state index contributed by atoms with van der Waals surface area (Å²) in [5, 5.41) is 0. The van der Waals surface area contributed by atoms with Crippen molar-refractivity contribution in [2.45, 2.75) is 45.1 Å². The van der Waals surface area contributed by atoms with Gasteiger partial charge in [0.1, 0.15) is 5.54 Å². The molecule has 1 aliphatic rings. The van der Waals surface area contributed by atoms with Crippen molar-refractivity contribution in [2.75, 3.05) is 13.7 Å². The number of carbonyl (C=O) groups excluding carboxylic acids is 2. The average Bonchev–Trinajstić information content (AvgIpc) is 3.13. The lowest BCUT2D eigenvalue weighted by Crippen LogP contribution is -2.52. The van der Waals surface area contributed by atoms with Gasteiger partial charge in [-0.05, 0) is 32.6 Å². The van der Waals surface area contributed by atoms with Gasteiger partial charge in [-0.15, -0.1) is 0 Å². The number of aryl methyl sites for hydroxylation is 1. The molecule has 1 amide bonds. The van der Waals surface area contributed by atoms with Crippen LogP contribution in [0.4, 0.5) is 0 Å². The zero-order chi connectivity index (χ0) is 15.5. The van der Waals surface area contributed by atoms with Gasteiger partial charge >= 0.3 is 5.97 Å². The lowest BCUT2D eigenvalue weighted by Gasteiger charge is -2.34. The van der Waals surface area contributed by atoms with Gasteiger partial charge in [0.05, 0.1) is 13.4 Å². The van der Waals surface area contributed by atoms with Crippen LogP contribution in [-0.4, -0.2) is 45.9 Å². The van der Waals surface area contributed by atoms with E-state index in [4.69, 9.17) is 4.74 Å². The van der Waals surface area contributed by atoms with Crippen LogP contribution in [0.15, 0.2) is 12.5 Å². The molecule has 0 aromatic carbocycles. The maximum atomic E-state index is 12.6. The normalized spacial score (nSPS) is 23.1. The second kappa shape index (κ2) is 6.28. The number of rotatable bonds is 5. The number of H-pyrrole nitrogens is 1. The molecule has 1 unspecified atom stereocenters. The minimum absolute atomic E-state index is 0.0277. The van der Waals surface area contributed by atoms with Gasteiger partial charge in [0.15, 0.2) is 0 Å². The van der Waals surface area contributed by atoms with Crippen molar-refractivity contribution in [3.8, 4) is 0 Å². The molecular formula is C15H23N3O3. The Morgan fingerprint density at radius 1 is 1.57 bits per heavy atom. The van der Waals surface area contributed by atoms with Crippen LogP contribution in [0.2, 0.25) is 0 Å². The molecule has 21 heavy (non-hydrogen) atoms. The maximum absolute atomic E-state index is 12.6. The number of hydrogen-bond acceptors (Lipinski definition) is 4. The first-order valence-electron chi connectivity index (χ1n) is 7.36. The molecule has 0 radical (unpaired) electrons. The summed E-state index contributed by atoms with van der Waals surface area (Å²) >= 11 is 0. The van der Waals surface area contributed by atoms with Gasteiger partial charge in [0.2, 0.25) is 5.91 Å². The molecule has 0 saturated carbocycles. The molecule has 6 nitrogen and oxygen atoms in total. The largest absolute Gasteiger partial charge is 0.467 e. The highest BCUT2D eigenvalue weighted by atomic mass is 16.5. The number of likely N-dealkylation sites (tertiary alicyclic amines) is 1. The molecule has 1 aliphatic heterocycles. The summed E-state index contributed by atoms with van der Waals surface area (Å²) < 4.78 is 4.87. The number of carbonyl (C=O) groups is 2. The van der Waals surface area contributed by atoms with Gasteiger partial charge in [-0.1, -0.05) is 6.92 Å². The third kappa shape index (κ3) is 3.09. The first-order chi connectivity index (χ1) is 9.99. The van der Waals surface area contributed by atoms with E-state index in [1.54, 1.807) is 24.3 Å². The van der Waals surface area contributed by atoms with Crippen molar-refractivity contribution >= 4 is 11.9 Å². The molecule has 0 aliphatic carbocycles. The zero-order valence-electron chi connectivity index (χ0n) is 12.9. The number of nitrogens with zero attached hydrogens (tertiary/aromatic N) is 2. The fourth-order valence-electron chi connectivity index (χ4n) is 2.93. The van der Waals surface area contributed by atoms with Crippen LogP contribution in [0.5, 0.6) is 0 Å². The van der Waals surface area contributed by atoms with Crippen LogP contribution in [0.3, 0.4) is 0 Å². The van der Waals surface area contributed by atoms with Gasteiger partial charge in [0, 0.05) is 24.4 Å². The standard InChI is InChI=1S/C15H23N3O3/c1-11(5-6-12-9-16-10-17-12)13(19)18-8-4-7-15(18,2)14(20)21-3/h9-11H,4-8H2,1-3H3,(H,16,17)/t11?,15-/m0/s1. The van der Waals surface area contributed by atoms with Crippen LogP contribution in [0, 0.1) is 5.92 Å². The number of hydrogen-bond donors (Lipinski definition) is 1. The highest BCUT2D eigenvalue weighted by Gasteiger charge is 2.47. The van der Waals surface area contributed by atoms with E-state index in [0.717, 1.165) is 25.0 Å². The number of esters is 1. The SMILES string of the molecule is COC(=O)[C@]1(C)CCCN1C(=O)C(C)CCc1cnc[nH]1. The smallest absolute Gasteiger partial charge is 0.331 e. The number of methoxy groups -OCH3 is 1. The number of nitrogens with one attached hydrogen (secondary N) is 1. The van der Waals surface area contributed by atoms with Gasteiger partial charge in [-0.3, -0.25) is 4.79 Å². The summed E-state index contributed by atoms with van der Waals surface area (Å²) in [6.07, 6.45) is 6.41. The molecule has 1 N–H and O–H groups in total. The molecule has 2 rings (SSSR count). The Labute approximate surface area is 124 Å². The number of amides is 1. The predicted molar refractivity (Wildman–Crippen MR) is 77.4 cm³/mol. The molecule has 1 aromatic rings. The van der Waals surface area contributed by atoms with E-state index in [2.05, 4.69) is 9.97 Å². The van der Waals surface area contributed by atoms with Gasteiger partial charge in [-0.25, -0.2) is 9.78 Å². The van der Waals surface area contributed by atoms with E-state index in [9.17, 15) is 9.59 Å². The monoisotopic (exact) mass is 293 g/mol. The minimum Gasteiger partial charge on any atom is -0.467 e. The molecule has 2 heterocycles. The number of aromatic amines is 1. The number of imidazole rings is 1. The molecule has 1 aromatic heterocycles. The van der Waals surface area contributed by atoms with Gasteiger partial charge in [0.25, 0.3) is 0 Å². The first kappa shape index (κ1) is 15.5. The van der Waals surface area contributed by atoms with E-state index in [-0.39, 0.29) is 17.8 Å². The fraction of sp³-hybridized carbons (Fsp3) is 0.667. The predicted octanol–water partition coefficient (Wildman–Crippen LogP) is 1.53. The Morgan fingerprint density at radius 2 is 2.33 bits per heavy atom. The Hall–Kier alpha value is -1.85. The quantitative estimate of drug-likeness (QED) is 0.835. The van der Waals surface area contributed by atoms with Crippen LogP contribution < -0.4 is 0 Å². The van der Waals surface area contributed by atoms with E-state index < -0.39 is 5.54 Å². The van der Waals surface area contributed by atoms with Crippen LogP contribution in [0.25, 0.3) is 0 Å². The summed E-state index contributed by atoms with van der Waals surface area (Å²) in [6.45, 7) is 4.33. The van der Waals surface area contributed by atoms with Gasteiger partial charge in [-0.2, -0.15) is 0 Å². The second-order valence-corrected chi connectivity index (χ2v) is 5.88. The van der Waals surface area contributed by atoms with Crippen LogP contribution in [-0.2, 0) is 20.7 Å². The fourth-order valence-corrected chi connectivity index (χ4v) is 2.93. The van der Waals surface area contributed by atoms with Crippen molar-refractivity contribution in [1.29, 1.82) is 0 Å². The van der Waals surface area contributed by atoms with E-state index >= 15 is 0 Å². The van der Waals surface area contributed by atoms with Crippen LogP contribution in [0.1, 0.15) is 38.8 Å². The summed E-state index contributed by atoms with van der Waals surface area (Å²) in [7, 11) is 1.37. The second-order valence-electron chi connectivity index (χ2n) is 5.88. The third-order valence-corrected chi connectivity index (χ3v) is 4.36. The topological polar surface area (TPSA) is 75.3 Å². The molecule has 6 heteroatoms. The zero-order valence-corrected chi connectivity index (χ0v) is 12.9. The Morgan fingerprint density at radius 3 is 2.95 bits per heavy atom. The van der Waals surface area contributed by atoms with E-state index in [1.807, 2.05) is 6.92 Å². The summed E-state index contributed by atoms with van der Waals surface area (Å²) in [6, 6.07) is 0. The van der Waals surface area contributed by atoms with Crippen molar-refractivity contribution in [1.82, 2.24) is 14.9 Å². The lowest BCUT2D eigenvalue weighted by molar-refractivity contribution is -0.159. The Kier molecular flexibility index (Phi) is 4.65. The number of ether oxygens (including phenoxy) is 1. The van der Waals surface area contributed by atoms with Crippen molar-refractivity contribution in [3.63, 3.8) is 0 Å². The molecule has 0 bridgehead atoms. The minimum atomic E-state index is -0.811. The highest BCUT2D eigenvalue weighted by molar-refractivity contribution is 5.89. The first-order valence-corrected chi connectivity index (χ1v) is 7.36. The maximum Gasteiger partial charge on any atom is 0.331 e. The summed E-state index contributed by atoms with van der Waals surface area (Å²) in [4.78, 5) is 33.3. The Balaban J connectivity index is 1.99. The van der Waals surface area contributed by atoms with Gasteiger partial charge < -0.3 is 14.6 Å². The average molecular weight is 293 g/mol. The molecule has 2 atom stereocenters. The molecular weight excluding hydrogens is 270 g/mol. The van der Waals surface area contributed by atoms with Crippen molar-refractivity contribution in [2.24, 2.45) is 5.92 Å². The molecule has 1 saturated heterocycles. The summed E-state index contributed by atoms with van der Waals surface area (Å²) in [5.74, 6) is -0.426. The van der Waals surface area contributed by atoms with Crippen LogP contribution >= 0.6 is 0 Å².